The maximum Gasteiger partial charge on any atom is 0.227 e. The van der Waals surface area contributed by atoms with Gasteiger partial charge in [-0.3, -0.25) is 4.79 Å². The first kappa shape index (κ1) is 12.9. The van der Waals surface area contributed by atoms with E-state index in [0.29, 0.717) is 11.9 Å². The molecule has 1 atom stereocenters. The molecule has 1 aliphatic heterocycles. The van der Waals surface area contributed by atoms with E-state index in [4.69, 9.17) is 0 Å². The van der Waals surface area contributed by atoms with Gasteiger partial charge in [0.25, 0.3) is 0 Å². The van der Waals surface area contributed by atoms with Crippen molar-refractivity contribution in [2.45, 2.75) is 57.9 Å². The molecule has 1 saturated carbocycles. The molecule has 1 saturated heterocycles. The second kappa shape index (κ2) is 6.39. The van der Waals surface area contributed by atoms with Crippen molar-refractivity contribution in [1.82, 2.24) is 10.2 Å². The van der Waals surface area contributed by atoms with E-state index in [1.165, 1.54) is 32.1 Å². The van der Waals surface area contributed by atoms with Crippen molar-refractivity contribution >= 4 is 5.91 Å². The van der Waals surface area contributed by atoms with Crippen LogP contribution in [-0.4, -0.2) is 36.5 Å². The Morgan fingerprint density at radius 2 is 1.94 bits per heavy atom. The molecule has 17 heavy (non-hydrogen) atoms. The molecule has 2 rings (SSSR count). The van der Waals surface area contributed by atoms with Crippen molar-refractivity contribution in [3.05, 3.63) is 0 Å². The Hall–Kier alpha value is -0.570. The van der Waals surface area contributed by atoms with Gasteiger partial charge >= 0.3 is 0 Å². The zero-order chi connectivity index (χ0) is 12.1. The van der Waals surface area contributed by atoms with Crippen LogP contribution >= 0.6 is 0 Å². The van der Waals surface area contributed by atoms with Crippen LogP contribution in [0.5, 0.6) is 0 Å². The number of carbonyl (C=O) groups excluding carboxylic acids is 1. The van der Waals surface area contributed by atoms with E-state index in [9.17, 15) is 4.79 Å². The summed E-state index contributed by atoms with van der Waals surface area (Å²) in [7, 11) is 0. The van der Waals surface area contributed by atoms with Gasteiger partial charge in [-0.1, -0.05) is 19.3 Å². The lowest BCUT2D eigenvalue weighted by Crippen LogP contribution is -2.47. The molecule has 0 aromatic heterocycles. The fourth-order valence-corrected chi connectivity index (χ4v) is 3.28. The van der Waals surface area contributed by atoms with Crippen LogP contribution in [0.15, 0.2) is 0 Å². The summed E-state index contributed by atoms with van der Waals surface area (Å²) in [5, 5.41) is 3.35. The van der Waals surface area contributed by atoms with Crippen molar-refractivity contribution in [1.29, 1.82) is 0 Å². The maximum atomic E-state index is 12.5. The molecule has 2 aliphatic rings. The second-order valence-electron chi connectivity index (χ2n) is 5.46. The second-order valence-corrected chi connectivity index (χ2v) is 5.46. The van der Waals surface area contributed by atoms with Gasteiger partial charge in [0, 0.05) is 19.1 Å². The zero-order valence-corrected chi connectivity index (χ0v) is 11.1. The van der Waals surface area contributed by atoms with Crippen LogP contribution in [0, 0.1) is 5.92 Å². The van der Waals surface area contributed by atoms with Gasteiger partial charge in [-0.15, -0.1) is 0 Å². The van der Waals surface area contributed by atoms with Crippen molar-refractivity contribution in [2.75, 3.05) is 19.6 Å². The lowest BCUT2D eigenvalue weighted by molar-refractivity contribution is -0.138. The van der Waals surface area contributed by atoms with E-state index in [1.54, 1.807) is 0 Å². The van der Waals surface area contributed by atoms with Crippen LogP contribution in [-0.2, 0) is 4.79 Å². The minimum absolute atomic E-state index is 0.241. The van der Waals surface area contributed by atoms with Crippen molar-refractivity contribution in [3.8, 4) is 0 Å². The van der Waals surface area contributed by atoms with E-state index in [0.717, 1.165) is 32.5 Å². The Bertz CT molecular complexity index is 243. The summed E-state index contributed by atoms with van der Waals surface area (Å²) < 4.78 is 0. The zero-order valence-electron chi connectivity index (χ0n) is 11.1. The van der Waals surface area contributed by atoms with E-state index < -0.39 is 0 Å². The Morgan fingerprint density at radius 1 is 1.18 bits per heavy atom. The first-order valence-corrected chi connectivity index (χ1v) is 7.34. The minimum atomic E-state index is 0.241. The summed E-state index contributed by atoms with van der Waals surface area (Å²) >= 11 is 0. The van der Waals surface area contributed by atoms with Gasteiger partial charge in [0.1, 0.15) is 0 Å². The molecule has 1 amide bonds. The van der Waals surface area contributed by atoms with Gasteiger partial charge in [-0.25, -0.2) is 0 Å². The first-order valence-electron chi connectivity index (χ1n) is 7.34. The van der Waals surface area contributed by atoms with Gasteiger partial charge < -0.3 is 10.2 Å². The Balaban J connectivity index is 1.93. The number of carbonyl (C=O) groups is 1. The molecule has 98 valence electrons. The smallest absolute Gasteiger partial charge is 0.227 e. The average molecular weight is 238 g/mol. The topological polar surface area (TPSA) is 32.3 Å². The number of hydrogen-bond donors (Lipinski definition) is 1. The normalized spacial score (nSPS) is 26.8. The highest BCUT2D eigenvalue weighted by Gasteiger charge is 2.30. The lowest BCUT2D eigenvalue weighted by Gasteiger charge is -2.36. The average Bonchev–Trinajstić information content (AvgIpc) is 2.42. The molecule has 0 bridgehead atoms. The van der Waals surface area contributed by atoms with Gasteiger partial charge in [0.2, 0.25) is 5.91 Å². The van der Waals surface area contributed by atoms with Gasteiger partial charge in [0.05, 0.1) is 5.92 Å². The molecular formula is C14H26N2O. The number of nitrogens with one attached hydrogen (secondary N) is 1. The molecule has 0 unspecified atom stereocenters. The summed E-state index contributed by atoms with van der Waals surface area (Å²) in [6.45, 7) is 4.99. The molecule has 0 spiro atoms. The number of amides is 1. The molecule has 0 aromatic rings. The van der Waals surface area contributed by atoms with Crippen LogP contribution in [0.1, 0.15) is 51.9 Å². The standard InChI is InChI=1S/C14H26N2O/c1-2-16(13-8-4-3-5-9-13)14(17)12-7-6-10-15-11-12/h12-13,15H,2-11H2,1H3/t12-/m1/s1. The number of nitrogens with zero attached hydrogens (tertiary/aromatic N) is 1. The fraction of sp³-hybridized carbons (Fsp3) is 0.929. The monoisotopic (exact) mass is 238 g/mol. The highest BCUT2D eigenvalue weighted by atomic mass is 16.2. The van der Waals surface area contributed by atoms with Gasteiger partial charge in [0.15, 0.2) is 0 Å². The fourth-order valence-electron chi connectivity index (χ4n) is 3.28. The van der Waals surface area contributed by atoms with E-state index in [1.807, 2.05) is 0 Å². The van der Waals surface area contributed by atoms with E-state index in [2.05, 4.69) is 17.1 Å². The minimum Gasteiger partial charge on any atom is -0.340 e. The summed E-state index contributed by atoms with van der Waals surface area (Å²) in [6, 6.07) is 0.531. The SMILES string of the molecule is CCN(C(=O)[C@@H]1CCCNC1)C1CCCCC1. The number of piperidine rings is 1. The molecule has 1 heterocycles. The predicted octanol–water partition coefficient (Wildman–Crippen LogP) is 2.17. The summed E-state index contributed by atoms with van der Waals surface area (Å²) in [6.07, 6.45) is 8.63. The Kier molecular flexibility index (Phi) is 4.84. The van der Waals surface area contributed by atoms with E-state index in [-0.39, 0.29) is 5.92 Å². The third-order valence-corrected chi connectivity index (χ3v) is 4.29. The summed E-state index contributed by atoms with van der Waals surface area (Å²) in [5.41, 5.74) is 0. The lowest BCUT2D eigenvalue weighted by atomic mass is 9.91. The van der Waals surface area contributed by atoms with E-state index >= 15 is 0 Å². The third kappa shape index (κ3) is 3.21. The van der Waals surface area contributed by atoms with Crippen LogP contribution < -0.4 is 5.32 Å². The largest absolute Gasteiger partial charge is 0.340 e. The van der Waals surface area contributed by atoms with Crippen molar-refractivity contribution in [2.24, 2.45) is 5.92 Å². The summed E-state index contributed by atoms with van der Waals surface area (Å²) in [4.78, 5) is 14.7. The van der Waals surface area contributed by atoms with Crippen molar-refractivity contribution in [3.63, 3.8) is 0 Å². The third-order valence-electron chi connectivity index (χ3n) is 4.29. The molecule has 1 N–H and O–H groups in total. The van der Waals surface area contributed by atoms with Gasteiger partial charge in [-0.2, -0.15) is 0 Å². The maximum absolute atomic E-state index is 12.5. The highest BCUT2D eigenvalue weighted by Crippen LogP contribution is 2.25. The van der Waals surface area contributed by atoms with Crippen LogP contribution in [0.4, 0.5) is 0 Å². The molecule has 2 fully saturated rings. The molecular weight excluding hydrogens is 212 g/mol. The predicted molar refractivity (Wildman–Crippen MR) is 69.9 cm³/mol. The van der Waals surface area contributed by atoms with Crippen LogP contribution in [0.25, 0.3) is 0 Å². The molecule has 3 nitrogen and oxygen atoms in total. The van der Waals surface area contributed by atoms with Crippen molar-refractivity contribution < 1.29 is 4.79 Å². The number of hydrogen-bond acceptors (Lipinski definition) is 2. The molecule has 0 aromatic carbocycles. The van der Waals surface area contributed by atoms with Crippen LogP contribution in [0.2, 0.25) is 0 Å². The Labute approximate surface area is 105 Å². The Morgan fingerprint density at radius 3 is 2.53 bits per heavy atom. The quantitative estimate of drug-likeness (QED) is 0.817. The van der Waals surface area contributed by atoms with Gasteiger partial charge in [-0.05, 0) is 39.2 Å². The molecule has 3 heteroatoms. The first-order chi connectivity index (χ1) is 8.33. The van der Waals surface area contributed by atoms with Crippen LogP contribution in [0.3, 0.4) is 0 Å². The highest BCUT2D eigenvalue weighted by molar-refractivity contribution is 5.79. The molecule has 1 aliphatic carbocycles. The number of rotatable bonds is 3. The summed E-state index contributed by atoms with van der Waals surface area (Å²) in [5.74, 6) is 0.650. The molecule has 0 radical (unpaired) electrons.